The Labute approximate surface area is 126 Å². The van der Waals surface area contributed by atoms with Gasteiger partial charge in [0.1, 0.15) is 6.33 Å². The van der Waals surface area contributed by atoms with Crippen LogP contribution in [0.5, 0.6) is 0 Å². The topological polar surface area (TPSA) is 44.1 Å². The Morgan fingerprint density at radius 1 is 1.19 bits per heavy atom. The molecule has 4 nitrogen and oxygen atoms in total. The van der Waals surface area contributed by atoms with Gasteiger partial charge >= 0.3 is 5.97 Å². The van der Waals surface area contributed by atoms with Gasteiger partial charge in [-0.3, -0.25) is 3.97 Å². The molecule has 0 fully saturated rings. The Kier molecular flexibility index (Phi) is 3.92. The SMILES string of the molecule is CCOC(=O)c1ccccc1Sn1cnc2ccccc21. The Balaban J connectivity index is 1.96. The lowest BCUT2D eigenvalue weighted by Crippen LogP contribution is -2.06. The molecule has 0 bridgehead atoms. The second-order valence-electron chi connectivity index (χ2n) is 4.37. The molecule has 1 aromatic heterocycles. The van der Waals surface area contributed by atoms with Crippen LogP contribution >= 0.6 is 11.9 Å². The summed E-state index contributed by atoms with van der Waals surface area (Å²) in [5.74, 6) is -0.301. The molecule has 0 N–H and O–H groups in total. The van der Waals surface area contributed by atoms with Gasteiger partial charge < -0.3 is 4.74 Å². The number of rotatable bonds is 4. The standard InChI is InChI=1S/C16H14N2O2S/c1-2-20-16(19)12-7-3-6-10-15(12)21-18-11-17-13-8-4-5-9-14(13)18/h3-11H,2H2,1H3. The number of imidazole rings is 1. The van der Waals surface area contributed by atoms with Crippen molar-refractivity contribution in [2.75, 3.05) is 6.61 Å². The van der Waals surface area contributed by atoms with Crippen molar-refractivity contribution in [1.29, 1.82) is 0 Å². The number of hydrogen-bond acceptors (Lipinski definition) is 4. The first-order valence-electron chi connectivity index (χ1n) is 6.66. The molecule has 2 aromatic carbocycles. The van der Waals surface area contributed by atoms with Crippen molar-refractivity contribution in [3.8, 4) is 0 Å². The molecule has 0 saturated carbocycles. The van der Waals surface area contributed by atoms with E-state index in [1.807, 2.05) is 46.4 Å². The van der Waals surface area contributed by atoms with E-state index in [1.54, 1.807) is 19.3 Å². The molecule has 3 aromatic rings. The van der Waals surface area contributed by atoms with Gasteiger partial charge in [0.05, 0.1) is 23.2 Å². The second kappa shape index (κ2) is 6.01. The molecule has 0 radical (unpaired) electrons. The predicted molar refractivity (Wildman–Crippen MR) is 83.4 cm³/mol. The number of nitrogens with zero attached hydrogens (tertiary/aromatic N) is 2. The first-order chi connectivity index (χ1) is 10.3. The number of fused-ring (bicyclic) bond motifs is 1. The number of carbonyl (C=O) groups excluding carboxylic acids is 1. The Morgan fingerprint density at radius 2 is 1.95 bits per heavy atom. The summed E-state index contributed by atoms with van der Waals surface area (Å²) < 4.78 is 7.05. The van der Waals surface area contributed by atoms with Crippen LogP contribution in [-0.2, 0) is 4.74 Å². The number of carbonyl (C=O) groups is 1. The molecular weight excluding hydrogens is 284 g/mol. The monoisotopic (exact) mass is 298 g/mol. The Bertz CT molecular complexity index is 783. The van der Waals surface area contributed by atoms with Crippen molar-refractivity contribution >= 4 is 29.0 Å². The van der Waals surface area contributed by atoms with Gasteiger partial charge in [-0.15, -0.1) is 0 Å². The summed E-state index contributed by atoms with van der Waals surface area (Å²) in [6.07, 6.45) is 1.76. The van der Waals surface area contributed by atoms with Crippen LogP contribution in [0.25, 0.3) is 11.0 Å². The summed E-state index contributed by atoms with van der Waals surface area (Å²) in [5, 5.41) is 0. The minimum atomic E-state index is -0.301. The van der Waals surface area contributed by atoms with E-state index in [1.165, 1.54) is 11.9 Å². The number of aromatic nitrogens is 2. The molecule has 21 heavy (non-hydrogen) atoms. The molecular formula is C16H14N2O2S. The zero-order chi connectivity index (χ0) is 14.7. The van der Waals surface area contributed by atoms with E-state index in [-0.39, 0.29) is 5.97 Å². The van der Waals surface area contributed by atoms with Crippen molar-refractivity contribution in [1.82, 2.24) is 8.96 Å². The van der Waals surface area contributed by atoms with Gasteiger partial charge in [0.25, 0.3) is 0 Å². The highest BCUT2D eigenvalue weighted by molar-refractivity contribution is 7.98. The summed E-state index contributed by atoms with van der Waals surface area (Å²) in [6.45, 7) is 2.17. The van der Waals surface area contributed by atoms with Crippen molar-refractivity contribution in [2.45, 2.75) is 11.8 Å². The van der Waals surface area contributed by atoms with Crippen molar-refractivity contribution < 1.29 is 9.53 Å². The van der Waals surface area contributed by atoms with E-state index < -0.39 is 0 Å². The molecule has 0 aliphatic carbocycles. The summed E-state index contributed by atoms with van der Waals surface area (Å²) in [5.41, 5.74) is 2.52. The van der Waals surface area contributed by atoms with Crippen molar-refractivity contribution in [2.24, 2.45) is 0 Å². The molecule has 106 valence electrons. The average molecular weight is 298 g/mol. The van der Waals surface area contributed by atoms with Gasteiger partial charge in [-0.2, -0.15) is 0 Å². The van der Waals surface area contributed by atoms with Crippen molar-refractivity contribution in [3.63, 3.8) is 0 Å². The van der Waals surface area contributed by atoms with Gasteiger partial charge in [-0.05, 0) is 43.1 Å². The number of esters is 1. The fourth-order valence-corrected chi connectivity index (χ4v) is 2.99. The number of benzene rings is 2. The zero-order valence-corrected chi connectivity index (χ0v) is 12.3. The maximum atomic E-state index is 12.0. The molecule has 3 rings (SSSR count). The lowest BCUT2D eigenvalue weighted by Gasteiger charge is -2.08. The highest BCUT2D eigenvalue weighted by Crippen LogP contribution is 2.28. The van der Waals surface area contributed by atoms with Crippen LogP contribution < -0.4 is 0 Å². The molecule has 0 spiro atoms. The molecule has 0 unspecified atom stereocenters. The molecule has 5 heteroatoms. The minimum Gasteiger partial charge on any atom is -0.462 e. The number of hydrogen-bond donors (Lipinski definition) is 0. The van der Waals surface area contributed by atoms with E-state index in [0.29, 0.717) is 12.2 Å². The third-order valence-electron chi connectivity index (χ3n) is 3.00. The van der Waals surface area contributed by atoms with Crippen LogP contribution in [-0.4, -0.2) is 21.5 Å². The van der Waals surface area contributed by atoms with Crippen LogP contribution in [0, 0.1) is 0 Å². The van der Waals surface area contributed by atoms with Crippen LogP contribution in [0.1, 0.15) is 17.3 Å². The number of para-hydroxylation sites is 2. The largest absolute Gasteiger partial charge is 0.462 e. The van der Waals surface area contributed by atoms with Crippen LogP contribution in [0.2, 0.25) is 0 Å². The van der Waals surface area contributed by atoms with E-state index in [4.69, 9.17) is 4.74 Å². The smallest absolute Gasteiger partial charge is 0.339 e. The fraction of sp³-hybridized carbons (Fsp3) is 0.125. The third kappa shape index (κ3) is 2.78. The quantitative estimate of drug-likeness (QED) is 0.688. The van der Waals surface area contributed by atoms with E-state index >= 15 is 0 Å². The lowest BCUT2D eigenvalue weighted by molar-refractivity contribution is 0.0522. The van der Waals surface area contributed by atoms with Gasteiger partial charge in [0.15, 0.2) is 0 Å². The second-order valence-corrected chi connectivity index (χ2v) is 5.38. The molecule has 0 atom stereocenters. The van der Waals surface area contributed by atoms with E-state index in [2.05, 4.69) is 4.98 Å². The van der Waals surface area contributed by atoms with E-state index in [9.17, 15) is 4.79 Å². The molecule has 0 amide bonds. The highest BCUT2D eigenvalue weighted by atomic mass is 32.2. The molecule has 0 aliphatic rings. The summed E-state index contributed by atoms with van der Waals surface area (Å²) in [4.78, 5) is 17.2. The fourth-order valence-electron chi connectivity index (χ4n) is 2.04. The first kappa shape index (κ1) is 13.7. The Hall–Kier alpha value is -2.27. The first-order valence-corrected chi connectivity index (χ1v) is 7.43. The van der Waals surface area contributed by atoms with Gasteiger partial charge in [-0.1, -0.05) is 24.3 Å². The lowest BCUT2D eigenvalue weighted by atomic mass is 10.2. The maximum absolute atomic E-state index is 12.0. The third-order valence-corrected chi connectivity index (χ3v) is 4.04. The predicted octanol–water partition coefficient (Wildman–Crippen LogP) is 3.77. The zero-order valence-electron chi connectivity index (χ0n) is 11.5. The van der Waals surface area contributed by atoms with E-state index in [0.717, 1.165) is 15.9 Å². The molecule has 1 heterocycles. The van der Waals surface area contributed by atoms with Gasteiger partial charge in [0, 0.05) is 4.90 Å². The number of ether oxygens (including phenoxy) is 1. The Morgan fingerprint density at radius 3 is 2.81 bits per heavy atom. The summed E-state index contributed by atoms with van der Waals surface area (Å²) >= 11 is 1.46. The van der Waals surface area contributed by atoms with Crippen LogP contribution in [0.15, 0.2) is 59.8 Å². The molecule has 0 saturated heterocycles. The highest BCUT2D eigenvalue weighted by Gasteiger charge is 2.13. The van der Waals surface area contributed by atoms with Crippen molar-refractivity contribution in [3.05, 3.63) is 60.4 Å². The van der Waals surface area contributed by atoms with Gasteiger partial charge in [-0.25, -0.2) is 9.78 Å². The summed E-state index contributed by atoms with van der Waals surface area (Å²) in [7, 11) is 0. The van der Waals surface area contributed by atoms with Crippen LogP contribution in [0.3, 0.4) is 0 Å². The maximum Gasteiger partial charge on any atom is 0.339 e. The normalized spacial score (nSPS) is 10.7. The average Bonchev–Trinajstić information content (AvgIpc) is 2.91. The summed E-state index contributed by atoms with van der Waals surface area (Å²) in [6, 6.07) is 15.3. The molecule has 0 aliphatic heterocycles. The van der Waals surface area contributed by atoms with Gasteiger partial charge in [0.2, 0.25) is 0 Å². The minimum absolute atomic E-state index is 0.301. The van der Waals surface area contributed by atoms with Crippen LogP contribution in [0.4, 0.5) is 0 Å².